The molecule has 0 unspecified atom stereocenters. The average molecular weight is 216 g/mol. The van der Waals surface area contributed by atoms with E-state index in [1.165, 1.54) is 11.3 Å². The Morgan fingerprint density at radius 2 is 2.19 bits per heavy atom. The number of hydrogen-bond acceptors (Lipinski definition) is 3. The maximum Gasteiger partial charge on any atom is 0.0575 e. The third kappa shape index (κ3) is 2.21. The lowest BCUT2D eigenvalue weighted by atomic mass is 10.2. The van der Waals surface area contributed by atoms with E-state index in [1.54, 1.807) is 6.20 Å². The Morgan fingerprint density at radius 1 is 1.31 bits per heavy atom. The summed E-state index contributed by atoms with van der Waals surface area (Å²) in [6.07, 6.45) is 5.48. The zero-order valence-corrected chi connectivity index (χ0v) is 9.64. The highest BCUT2D eigenvalue weighted by atomic mass is 15.3. The maximum atomic E-state index is 4.23. The van der Waals surface area contributed by atoms with Crippen LogP contribution in [0.25, 0.3) is 0 Å². The quantitative estimate of drug-likeness (QED) is 0.852. The third-order valence-corrected chi connectivity index (χ3v) is 2.60. The maximum absolute atomic E-state index is 4.23. The van der Waals surface area contributed by atoms with Crippen molar-refractivity contribution in [1.82, 2.24) is 14.8 Å². The number of pyridine rings is 1. The van der Waals surface area contributed by atoms with E-state index in [0.29, 0.717) is 0 Å². The van der Waals surface area contributed by atoms with E-state index in [-0.39, 0.29) is 0 Å². The van der Waals surface area contributed by atoms with Crippen LogP contribution in [0.15, 0.2) is 30.7 Å². The van der Waals surface area contributed by atoms with Crippen LogP contribution in [0.4, 0.5) is 5.69 Å². The molecule has 0 bridgehead atoms. The van der Waals surface area contributed by atoms with Crippen molar-refractivity contribution < 1.29 is 0 Å². The Morgan fingerprint density at radius 3 is 2.94 bits per heavy atom. The first kappa shape index (κ1) is 10.7. The lowest BCUT2D eigenvalue weighted by Crippen LogP contribution is -2.08. The number of rotatable bonds is 4. The van der Waals surface area contributed by atoms with Crippen LogP contribution in [0, 0.1) is 6.92 Å². The van der Waals surface area contributed by atoms with Crippen LogP contribution >= 0.6 is 0 Å². The van der Waals surface area contributed by atoms with Gasteiger partial charge in [-0.05, 0) is 31.5 Å². The molecule has 2 aromatic heterocycles. The van der Waals surface area contributed by atoms with Gasteiger partial charge in [-0.1, -0.05) is 0 Å². The molecule has 0 radical (unpaired) electrons. The van der Waals surface area contributed by atoms with E-state index >= 15 is 0 Å². The van der Waals surface area contributed by atoms with Gasteiger partial charge < -0.3 is 5.32 Å². The van der Waals surface area contributed by atoms with Gasteiger partial charge in [0.25, 0.3) is 0 Å². The minimum absolute atomic E-state index is 0.778. The summed E-state index contributed by atoms with van der Waals surface area (Å²) in [7, 11) is 0. The van der Waals surface area contributed by atoms with Crippen molar-refractivity contribution in [3.8, 4) is 0 Å². The van der Waals surface area contributed by atoms with Crippen molar-refractivity contribution >= 4 is 5.69 Å². The Kier molecular flexibility index (Phi) is 3.19. The fraction of sp³-hybridized carbons (Fsp3) is 0.333. The minimum atomic E-state index is 0.778. The lowest BCUT2D eigenvalue weighted by Gasteiger charge is -2.09. The first-order valence-electron chi connectivity index (χ1n) is 5.46. The molecule has 0 aliphatic rings. The Labute approximate surface area is 95.3 Å². The van der Waals surface area contributed by atoms with E-state index in [2.05, 4.69) is 29.2 Å². The molecule has 0 saturated heterocycles. The van der Waals surface area contributed by atoms with E-state index in [9.17, 15) is 0 Å². The van der Waals surface area contributed by atoms with Crippen LogP contribution in [-0.2, 0) is 13.1 Å². The van der Waals surface area contributed by atoms with Gasteiger partial charge in [0.1, 0.15) is 0 Å². The molecule has 0 amide bonds. The highest BCUT2D eigenvalue weighted by molar-refractivity contribution is 5.47. The van der Waals surface area contributed by atoms with Crippen molar-refractivity contribution in [2.24, 2.45) is 0 Å². The second-order valence-electron chi connectivity index (χ2n) is 3.68. The number of anilines is 1. The zero-order valence-electron chi connectivity index (χ0n) is 9.64. The summed E-state index contributed by atoms with van der Waals surface area (Å²) in [6.45, 7) is 5.84. The van der Waals surface area contributed by atoms with E-state index in [0.717, 1.165) is 18.8 Å². The third-order valence-electron chi connectivity index (χ3n) is 2.60. The van der Waals surface area contributed by atoms with Gasteiger partial charge in [-0.25, -0.2) is 0 Å². The molecule has 16 heavy (non-hydrogen) atoms. The number of hydrogen-bond donors (Lipinski definition) is 1. The number of aryl methyl sites for hydroxylation is 2. The summed E-state index contributed by atoms with van der Waals surface area (Å²) in [5.74, 6) is 0. The normalized spacial score (nSPS) is 10.4. The van der Waals surface area contributed by atoms with Crippen molar-refractivity contribution in [3.63, 3.8) is 0 Å². The predicted octanol–water partition coefficient (Wildman–Crippen LogP) is 2.22. The molecule has 0 spiro atoms. The topological polar surface area (TPSA) is 42.7 Å². The first-order chi connectivity index (χ1) is 7.81. The van der Waals surface area contributed by atoms with E-state index < -0.39 is 0 Å². The van der Waals surface area contributed by atoms with Crippen LogP contribution in [0.1, 0.15) is 18.2 Å². The molecule has 0 aromatic carbocycles. The summed E-state index contributed by atoms with van der Waals surface area (Å²) >= 11 is 0. The monoisotopic (exact) mass is 216 g/mol. The fourth-order valence-corrected chi connectivity index (χ4v) is 1.63. The summed E-state index contributed by atoms with van der Waals surface area (Å²) in [4.78, 5) is 4.10. The molecule has 2 rings (SSSR count). The number of nitrogens with one attached hydrogen (secondary N) is 1. The van der Waals surface area contributed by atoms with Crippen LogP contribution in [0.2, 0.25) is 0 Å². The van der Waals surface area contributed by atoms with Gasteiger partial charge in [0.2, 0.25) is 0 Å². The van der Waals surface area contributed by atoms with Crippen LogP contribution in [-0.4, -0.2) is 14.8 Å². The van der Waals surface area contributed by atoms with Crippen LogP contribution < -0.4 is 5.32 Å². The van der Waals surface area contributed by atoms with Gasteiger partial charge in [-0.3, -0.25) is 9.67 Å². The van der Waals surface area contributed by atoms with Gasteiger partial charge in [0.15, 0.2) is 0 Å². The molecular formula is C12H16N4. The molecule has 0 aliphatic heterocycles. The molecule has 0 fully saturated rings. The zero-order chi connectivity index (χ0) is 11.4. The largest absolute Gasteiger partial charge is 0.378 e. The first-order valence-corrected chi connectivity index (χ1v) is 5.46. The highest BCUT2D eigenvalue weighted by Crippen LogP contribution is 2.12. The molecule has 0 saturated carbocycles. The van der Waals surface area contributed by atoms with Gasteiger partial charge >= 0.3 is 0 Å². The lowest BCUT2D eigenvalue weighted by molar-refractivity contribution is 0.627. The Hall–Kier alpha value is -1.84. The van der Waals surface area contributed by atoms with Crippen LogP contribution in [0.5, 0.6) is 0 Å². The van der Waals surface area contributed by atoms with Crippen molar-refractivity contribution in [1.29, 1.82) is 0 Å². The Balaban J connectivity index is 2.05. The molecule has 0 atom stereocenters. The van der Waals surface area contributed by atoms with Crippen LogP contribution in [0.3, 0.4) is 0 Å². The minimum Gasteiger partial charge on any atom is -0.378 e. The molecule has 2 aromatic rings. The summed E-state index contributed by atoms with van der Waals surface area (Å²) in [5.41, 5.74) is 3.47. The molecule has 2 heterocycles. The predicted molar refractivity (Wildman–Crippen MR) is 64.2 cm³/mol. The van der Waals surface area contributed by atoms with Crippen molar-refractivity contribution in [2.45, 2.75) is 26.9 Å². The van der Waals surface area contributed by atoms with E-state index in [1.807, 2.05) is 29.2 Å². The number of aromatic nitrogens is 3. The van der Waals surface area contributed by atoms with Crippen molar-refractivity contribution in [2.75, 3.05) is 5.32 Å². The van der Waals surface area contributed by atoms with Gasteiger partial charge in [0, 0.05) is 18.9 Å². The van der Waals surface area contributed by atoms with Gasteiger partial charge in [-0.15, -0.1) is 0 Å². The SMILES string of the molecule is CCn1nccc1CNc1cnccc1C. The second kappa shape index (κ2) is 4.79. The molecule has 84 valence electrons. The molecule has 1 N–H and O–H groups in total. The Bertz CT molecular complexity index is 462. The molecule has 0 aliphatic carbocycles. The van der Waals surface area contributed by atoms with E-state index in [4.69, 9.17) is 0 Å². The smallest absolute Gasteiger partial charge is 0.0575 e. The standard InChI is InChI=1S/C12H16N4/c1-3-16-11(5-7-15-16)8-14-12-9-13-6-4-10(12)2/h4-7,9,14H,3,8H2,1-2H3. The summed E-state index contributed by atoms with van der Waals surface area (Å²) < 4.78 is 1.98. The average Bonchev–Trinajstić information content (AvgIpc) is 2.75. The number of nitrogens with zero attached hydrogens (tertiary/aromatic N) is 3. The molecule has 4 heteroatoms. The van der Waals surface area contributed by atoms with Crippen molar-refractivity contribution in [3.05, 3.63) is 42.0 Å². The second-order valence-corrected chi connectivity index (χ2v) is 3.68. The van der Waals surface area contributed by atoms with Gasteiger partial charge in [0.05, 0.1) is 24.1 Å². The van der Waals surface area contributed by atoms with Gasteiger partial charge in [-0.2, -0.15) is 5.10 Å². The molecular weight excluding hydrogens is 200 g/mol. The summed E-state index contributed by atoms with van der Waals surface area (Å²) in [6, 6.07) is 4.03. The highest BCUT2D eigenvalue weighted by Gasteiger charge is 2.01. The summed E-state index contributed by atoms with van der Waals surface area (Å²) in [5, 5.41) is 7.60. The molecule has 4 nitrogen and oxygen atoms in total. The fourth-order valence-electron chi connectivity index (χ4n) is 1.63.